The average Bonchev–Trinajstić information content (AvgIpc) is 2.74. The quantitative estimate of drug-likeness (QED) is 0.559. The monoisotopic (exact) mass is 238 g/mol. The number of thioether (sulfide) groups is 1. The van der Waals surface area contributed by atoms with E-state index in [4.69, 9.17) is 5.26 Å². The van der Waals surface area contributed by atoms with Crippen LogP contribution < -0.4 is 4.57 Å². The number of aromatic amines is 1. The molecule has 1 N–H and O–H groups in total. The van der Waals surface area contributed by atoms with Crippen LogP contribution in [0.1, 0.15) is 38.4 Å². The molecule has 0 aliphatic heterocycles. The van der Waals surface area contributed by atoms with E-state index in [1.165, 1.54) is 12.2 Å². The number of rotatable bonds is 8. The SMILES string of the molecule is CCSC[n+]1cc[nH]c1CCCCCC#N. The van der Waals surface area contributed by atoms with Gasteiger partial charge in [-0.2, -0.15) is 5.26 Å². The van der Waals surface area contributed by atoms with Crippen molar-refractivity contribution in [1.82, 2.24) is 4.98 Å². The molecule has 0 amide bonds. The molecule has 0 aromatic carbocycles. The molecule has 4 heteroatoms. The fourth-order valence-corrected chi connectivity index (χ4v) is 2.22. The lowest BCUT2D eigenvalue weighted by atomic mass is 10.1. The minimum Gasteiger partial charge on any atom is -0.248 e. The Morgan fingerprint density at radius 3 is 3.06 bits per heavy atom. The third-order valence-corrected chi connectivity index (χ3v) is 3.36. The first-order valence-corrected chi connectivity index (χ1v) is 7.04. The first kappa shape index (κ1) is 13.1. The molecule has 0 saturated carbocycles. The van der Waals surface area contributed by atoms with E-state index in [1.54, 1.807) is 0 Å². The summed E-state index contributed by atoms with van der Waals surface area (Å²) in [6.07, 6.45) is 9.22. The first-order chi connectivity index (χ1) is 7.88. The highest BCUT2D eigenvalue weighted by molar-refractivity contribution is 7.98. The standard InChI is InChI=1S/C12H19N3S/c1-2-16-11-15-10-9-14-12(15)7-5-3-4-6-8-13/h9-10H,2-7,11H2,1H3/p+1. The number of nitriles is 1. The Balaban J connectivity index is 2.25. The normalized spacial score (nSPS) is 10.2. The molecule has 0 aliphatic rings. The van der Waals surface area contributed by atoms with Crippen molar-refractivity contribution in [2.45, 2.75) is 44.9 Å². The van der Waals surface area contributed by atoms with Crippen LogP contribution in [0.15, 0.2) is 12.4 Å². The third kappa shape index (κ3) is 4.71. The lowest BCUT2D eigenvalue weighted by molar-refractivity contribution is -0.682. The number of hydrogen-bond acceptors (Lipinski definition) is 2. The second-order valence-corrected chi connectivity index (χ2v) is 4.96. The van der Waals surface area contributed by atoms with Crippen molar-refractivity contribution in [2.75, 3.05) is 5.75 Å². The Bertz CT molecular complexity index is 327. The number of nitrogens with zero attached hydrogens (tertiary/aromatic N) is 2. The zero-order valence-electron chi connectivity index (χ0n) is 9.91. The van der Waals surface area contributed by atoms with Gasteiger partial charge in [-0.1, -0.05) is 13.3 Å². The van der Waals surface area contributed by atoms with Crippen molar-refractivity contribution in [3.05, 3.63) is 18.2 Å². The highest BCUT2D eigenvalue weighted by atomic mass is 32.2. The van der Waals surface area contributed by atoms with Crippen LogP contribution >= 0.6 is 11.8 Å². The maximum atomic E-state index is 8.43. The van der Waals surface area contributed by atoms with Crippen molar-refractivity contribution in [3.63, 3.8) is 0 Å². The summed E-state index contributed by atoms with van der Waals surface area (Å²) in [5.41, 5.74) is 0. The average molecular weight is 238 g/mol. The van der Waals surface area contributed by atoms with Gasteiger partial charge in [0.25, 0.3) is 5.82 Å². The smallest absolute Gasteiger partial charge is 0.248 e. The van der Waals surface area contributed by atoms with E-state index < -0.39 is 0 Å². The van der Waals surface area contributed by atoms with Gasteiger partial charge in [-0.25, -0.2) is 9.55 Å². The molecule has 0 spiro atoms. The molecule has 0 saturated heterocycles. The van der Waals surface area contributed by atoms with Gasteiger partial charge < -0.3 is 0 Å². The molecule has 1 aromatic heterocycles. The predicted molar refractivity (Wildman–Crippen MR) is 66.9 cm³/mol. The zero-order chi connectivity index (χ0) is 11.6. The van der Waals surface area contributed by atoms with Gasteiger partial charge in [-0.05, 0) is 18.6 Å². The van der Waals surface area contributed by atoms with Crippen LogP contribution in [0.2, 0.25) is 0 Å². The summed E-state index contributed by atoms with van der Waals surface area (Å²) >= 11 is 1.93. The largest absolute Gasteiger partial charge is 0.254 e. The number of hydrogen-bond donors (Lipinski definition) is 1. The van der Waals surface area contributed by atoms with Crippen LogP contribution in [0.5, 0.6) is 0 Å². The summed E-state index contributed by atoms with van der Waals surface area (Å²) in [7, 11) is 0. The second kappa shape index (κ2) is 8.23. The number of aryl methyl sites for hydroxylation is 1. The summed E-state index contributed by atoms with van der Waals surface area (Å²) in [5, 5.41) is 8.43. The number of nitrogens with one attached hydrogen (secondary N) is 1. The second-order valence-electron chi connectivity index (χ2n) is 3.72. The Morgan fingerprint density at radius 1 is 1.44 bits per heavy atom. The van der Waals surface area contributed by atoms with Gasteiger partial charge in [0, 0.05) is 12.8 Å². The minimum atomic E-state index is 0.691. The van der Waals surface area contributed by atoms with Gasteiger partial charge in [-0.3, -0.25) is 0 Å². The molecule has 0 fully saturated rings. The molecule has 0 unspecified atom stereocenters. The van der Waals surface area contributed by atoms with E-state index in [9.17, 15) is 0 Å². The maximum Gasteiger partial charge on any atom is 0.254 e. The lowest BCUT2D eigenvalue weighted by Crippen LogP contribution is -2.34. The van der Waals surface area contributed by atoms with Crippen LogP contribution in [-0.2, 0) is 12.3 Å². The lowest BCUT2D eigenvalue weighted by Gasteiger charge is -1.99. The van der Waals surface area contributed by atoms with Crippen molar-refractivity contribution in [2.24, 2.45) is 0 Å². The van der Waals surface area contributed by atoms with E-state index in [-0.39, 0.29) is 0 Å². The Kier molecular flexibility index (Phi) is 6.75. The summed E-state index contributed by atoms with van der Waals surface area (Å²) in [4.78, 5) is 3.29. The number of H-pyrrole nitrogens is 1. The fraction of sp³-hybridized carbons (Fsp3) is 0.667. The summed E-state index contributed by atoms with van der Waals surface area (Å²) in [6, 6.07) is 2.18. The highest BCUT2D eigenvalue weighted by Crippen LogP contribution is 2.04. The van der Waals surface area contributed by atoms with Gasteiger partial charge in [0.2, 0.25) is 0 Å². The Hall–Kier alpha value is -0.950. The molecule has 88 valence electrons. The summed E-state index contributed by atoms with van der Waals surface area (Å²) in [5.74, 6) is 3.49. The molecule has 3 nitrogen and oxygen atoms in total. The molecule has 0 radical (unpaired) electrons. The van der Waals surface area contributed by atoms with Gasteiger partial charge >= 0.3 is 0 Å². The Labute approximate surface area is 102 Å². The van der Waals surface area contributed by atoms with Gasteiger partial charge in [0.05, 0.1) is 6.07 Å². The highest BCUT2D eigenvalue weighted by Gasteiger charge is 2.09. The van der Waals surface area contributed by atoms with Crippen LogP contribution in [0, 0.1) is 11.3 Å². The summed E-state index contributed by atoms with van der Waals surface area (Å²) < 4.78 is 2.28. The van der Waals surface area contributed by atoms with Gasteiger partial charge in [-0.15, -0.1) is 11.8 Å². The van der Waals surface area contributed by atoms with E-state index >= 15 is 0 Å². The van der Waals surface area contributed by atoms with E-state index in [0.717, 1.165) is 30.9 Å². The minimum absolute atomic E-state index is 0.691. The Morgan fingerprint density at radius 2 is 2.31 bits per heavy atom. The van der Waals surface area contributed by atoms with Crippen molar-refractivity contribution in [1.29, 1.82) is 5.26 Å². The van der Waals surface area contributed by atoms with E-state index in [2.05, 4.69) is 28.7 Å². The molecule has 1 heterocycles. The number of imidazole rings is 1. The molecular formula is C12H20N3S+. The first-order valence-electron chi connectivity index (χ1n) is 5.89. The molecule has 16 heavy (non-hydrogen) atoms. The van der Waals surface area contributed by atoms with Crippen molar-refractivity contribution >= 4 is 11.8 Å². The number of unbranched alkanes of at least 4 members (excludes halogenated alkanes) is 3. The third-order valence-electron chi connectivity index (χ3n) is 2.49. The van der Waals surface area contributed by atoms with Crippen LogP contribution in [-0.4, -0.2) is 10.7 Å². The van der Waals surface area contributed by atoms with Crippen LogP contribution in [0.3, 0.4) is 0 Å². The molecular weight excluding hydrogens is 218 g/mol. The van der Waals surface area contributed by atoms with Crippen LogP contribution in [0.25, 0.3) is 0 Å². The zero-order valence-corrected chi connectivity index (χ0v) is 10.7. The number of aromatic nitrogens is 2. The molecule has 1 aromatic rings. The van der Waals surface area contributed by atoms with Gasteiger partial charge in [0.1, 0.15) is 18.3 Å². The van der Waals surface area contributed by atoms with Crippen LogP contribution in [0.4, 0.5) is 0 Å². The van der Waals surface area contributed by atoms with Crippen molar-refractivity contribution < 1.29 is 4.57 Å². The topological polar surface area (TPSA) is 43.5 Å². The maximum absolute atomic E-state index is 8.43. The molecule has 0 aliphatic carbocycles. The van der Waals surface area contributed by atoms with E-state index in [1.807, 2.05) is 18.0 Å². The van der Waals surface area contributed by atoms with Crippen molar-refractivity contribution in [3.8, 4) is 6.07 Å². The summed E-state index contributed by atoms with van der Waals surface area (Å²) in [6.45, 7) is 2.18. The molecule has 0 bridgehead atoms. The molecule has 0 atom stereocenters. The molecule has 1 rings (SSSR count). The van der Waals surface area contributed by atoms with Gasteiger partial charge in [0.15, 0.2) is 0 Å². The predicted octanol–water partition coefficient (Wildman–Crippen LogP) is 2.64. The van der Waals surface area contributed by atoms with E-state index in [0.29, 0.717) is 6.42 Å². The fourth-order valence-electron chi connectivity index (χ4n) is 1.60.